The fraction of sp³-hybridized carbons (Fsp3) is 1.00. The Labute approximate surface area is 74.2 Å². The van der Waals surface area contributed by atoms with Crippen molar-refractivity contribution in [2.24, 2.45) is 0 Å². The molecule has 1 atom stereocenters. The minimum absolute atomic E-state index is 0.0862. The summed E-state index contributed by atoms with van der Waals surface area (Å²) in [5.41, 5.74) is 0.221. The Morgan fingerprint density at radius 3 is 2.50 bits per heavy atom. The second-order valence-corrected chi connectivity index (χ2v) is 4.07. The maximum atomic E-state index is 5.92. The summed E-state index contributed by atoms with van der Waals surface area (Å²) in [5.74, 6) is 0. The Morgan fingerprint density at radius 1 is 1.17 bits per heavy atom. The lowest BCUT2D eigenvalue weighted by molar-refractivity contribution is -0.164. The van der Waals surface area contributed by atoms with Crippen LogP contribution < -0.4 is 0 Å². The molecule has 1 spiro atoms. The Bertz CT molecular complexity index is 150. The maximum Gasteiger partial charge on any atom is 0.158 e. The summed E-state index contributed by atoms with van der Waals surface area (Å²) in [7, 11) is 1.74. The summed E-state index contributed by atoms with van der Waals surface area (Å²) in [6.07, 6.45) is 8.99. The molecule has 0 aromatic rings. The molecule has 1 heterocycles. The van der Waals surface area contributed by atoms with Crippen LogP contribution in [0.5, 0.6) is 0 Å². The molecule has 12 heavy (non-hydrogen) atoms. The molecule has 1 aliphatic heterocycles. The first-order chi connectivity index (χ1) is 5.85. The van der Waals surface area contributed by atoms with Crippen molar-refractivity contribution in [2.45, 2.75) is 56.8 Å². The third-order valence-corrected chi connectivity index (χ3v) is 3.24. The largest absolute Gasteiger partial charge is 0.356 e. The van der Waals surface area contributed by atoms with Gasteiger partial charge in [0, 0.05) is 13.5 Å². The zero-order chi connectivity index (χ0) is 8.44. The van der Waals surface area contributed by atoms with Gasteiger partial charge in [-0.2, -0.15) is 0 Å². The second-order valence-electron chi connectivity index (χ2n) is 4.07. The van der Waals surface area contributed by atoms with Crippen molar-refractivity contribution in [1.29, 1.82) is 0 Å². The van der Waals surface area contributed by atoms with Crippen LogP contribution in [-0.4, -0.2) is 19.0 Å². The first-order valence-electron chi connectivity index (χ1n) is 5.05. The number of hydrogen-bond acceptors (Lipinski definition) is 2. The molecule has 0 amide bonds. The smallest absolute Gasteiger partial charge is 0.158 e. The molecule has 1 unspecified atom stereocenters. The predicted octanol–water partition coefficient (Wildman–Crippen LogP) is 2.47. The van der Waals surface area contributed by atoms with Crippen molar-refractivity contribution < 1.29 is 9.47 Å². The molecule has 2 rings (SSSR count). The third-order valence-electron chi connectivity index (χ3n) is 3.24. The quantitative estimate of drug-likeness (QED) is 0.602. The Kier molecular flexibility index (Phi) is 2.37. The normalized spacial score (nSPS) is 34.2. The van der Waals surface area contributed by atoms with Gasteiger partial charge in [0.1, 0.15) is 0 Å². The van der Waals surface area contributed by atoms with Crippen molar-refractivity contribution in [3.05, 3.63) is 0 Å². The van der Waals surface area contributed by atoms with Crippen LogP contribution in [0.15, 0.2) is 0 Å². The molecule has 2 nitrogen and oxygen atoms in total. The van der Waals surface area contributed by atoms with E-state index in [0.29, 0.717) is 0 Å². The third kappa shape index (κ3) is 1.50. The van der Waals surface area contributed by atoms with Gasteiger partial charge in [-0.05, 0) is 19.3 Å². The van der Waals surface area contributed by atoms with Crippen molar-refractivity contribution in [3.63, 3.8) is 0 Å². The fourth-order valence-corrected chi connectivity index (χ4v) is 2.51. The molecule has 1 saturated carbocycles. The van der Waals surface area contributed by atoms with Gasteiger partial charge in [0.05, 0.1) is 5.60 Å². The molecule has 0 aromatic heterocycles. The van der Waals surface area contributed by atoms with Crippen LogP contribution >= 0.6 is 0 Å². The molecule has 70 valence electrons. The van der Waals surface area contributed by atoms with Gasteiger partial charge >= 0.3 is 0 Å². The van der Waals surface area contributed by atoms with Gasteiger partial charge in [-0.1, -0.05) is 19.3 Å². The van der Waals surface area contributed by atoms with Crippen molar-refractivity contribution in [1.82, 2.24) is 0 Å². The molecule has 0 bridgehead atoms. The van der Waals surface area contributed by atoms with Crippen molar-refractivity contribution >= 4 is 0 Å². The molecular weight excluding hydrogens is 152 g/mol. The number of ether oxygens (including phenoxy) is 2. The van der Waals surface area contributed by atoms with E-state index in [1.165, 1.54) is 38.5 Å². The van der Waals surface area contributed by atoms with Gasteiger partial charge in [-0.25, -0.2) is 0 Å². The van der Waals surface area contributed by atoms with Crippen LogP contribution in [0.3, 0.4) is 0 Å². The zero-order valence-electron chi connectivity index (χ0n) is 7.84. The minimum Gasteiger partial charge on any atom is -0.356 e. The highest BCUT2D eigenvalue weighted by atomic mass is 16.7. The van der Waals surface area contributed by atoms with Crippen molar-refractivity contribution in [3.8, 4) is 0 Å². The van der Waals surface area contributed by atoms with E-state index in [1.54, 1.807) is 7.11 Å². The topological polar surface area (TPSA) is 18.5 Å². The number of rotatable bonds is 1. The highest BCUT2D eigenvalue weighted by molar-refractivity contribution is 4.89. The monoisotopic (exact) mass is 170 g/mol. The summed E-state index contributed by atoms with van der Waals surface area (Å²) in [4.78, 5) is 0. The lowest BCUT2D eigenvalue weighted by Gasteiger charge is -2.32. The van der Waals surface area contributed by atoms with E-state index in [0.717, 1.165) is 6.42 Å². The molecule has 2 heteroatoms. The molecule has 0 N–H and O–H groups in total. The van der Waals surface area contributed by atoms with Gasteiger partial charge in [0.15, 0.2) is 6.29 Å². The summed E-state index contributed by atoms with van der Waals surface area (Å²) in [6.45, 7) is 0. The summed E-state index contributed by atoms with van der Waals surface area (Å²) < 4.78 is 11.1. The van der Waals surface area contributed by atoms with Crippen LogP contribution in [0.4, 0.5) is 0 Å². The Hall–Kier alpha value is -0.0800. The second kappa shape index (κ2) is 3.35. The average Bonchev–Trinajstić information content (AvgIpc) is 2.50. The minimum atomic E-state index is 0.0862. The SMILES string of the molecule is COC1CCC2(CCCCC2)O1. The van der Waals surface area contributed by atoms with Crippen molar-refractivity contribution in [2.75, 3.05) is 7.11 Å². The molecule has 0 radical (unpaired) electrons. The average molecular weight is 170 g/mol. The molecular formula is C10H18O2. The van der Waals surface area contributed by atoms with Gasteiger partial charge in [-0.15, -0.1) is 0 Å². The first kappa shape index (κ1) is 8.52. The van der Waals surface area contributed by atoms with E-state index in [1.807, 2.05) is 0 Å². The standard InChI is InChI=1S/C10H18O2/c1-11-9-5-8-10(12-9)6-3-2-4-7-10/h9H,2-8H2,1H3. The van der Waals surface area contributed by atoms with Crippen LogP contribution in [0.25, 0.3) is 0 Å². The van der Waals surface area contributed by atoms with Gasteiger partial charge in [0.25, 0.3) is 0 Å². The summed E-state index contributed by atoms with van der Waals surface area (Å²) in [6, 6.07) is 0. The van der Waals surface area contributed by atoms with E-state index in [4.69, 9.17) is 9.47 Å². The zero-order valence-corrected chi connectivity index (χ0v) is 7.84. The molecule has 0 aromatic carbocycles. The lowest BCUT2D eigenvalue weighted by atomic mass is 9.83. The highest BCUT2D eigenvalue weighted by Crippen LogP contribution is 2.41. The van der Waals surface area contributed by atoms with E-state index >= 15 is 0 Å². The highest BCUT2D eigenvalue weighted by Gasteiger charge is 2.40. The summed E-state index contributed by atoms with van der Waals surface area (Å²) >= 11 is 0. The maximum absolute atomic E-state index is 5.92. The van der Waals surface area contributed by atoms with Crippen LogP contribution in [-0.2, 0) is 9.47 Å². The lowest BCUT2D eigenvalue weighted by Crippen LogP contribution is -2.31. The first-order valence-corrected chi connectivity index (χ1v) is 5.05. The van der Waals surface area contributed by atoms with E-state index < -0.39 is 0 Å². The molecule has 2 aliphatic rings. The molecule has 2 fully saturated rings. The summed E-state index contributed by atoms with van der Waals surface area (Å²) in [5, 5.41) is 0. The Morgan fingerprint density at radius 2 is 1.92 bits per heavy atom. The van der Waals surface area contributed by atoms with Crippen LogP contribution in [0, 0.1) is 0 Å². The molecule has 1 aliphatic carbocycles. The van der Waals surface area contributed by atoms with Gasteiger partial charge < -0.3 is 9.47 Å². The van der Waals surface area contributed by atoms with Crippen LogP contribution in [0.1, 0.15) is 44.9 Å². The fourth-order valence-electron chi connectivity index (χ4n) is 2.51. The van der Waals surface area contributed by atoms with E-state index in [2.05, 4.69) is 0 Å². The van der Waals surface area contributed by atoms with Crippen LogP contribution in [0.2, 0.25) is 0 Å². The number of methoxy groups -OCH3 is 1. The number of hydrogen-bond donors (Lipinski definition) is 0. The molecule has 1 saturated heterocycles. The van der Waals surface area contributed by atoms with Gasteiger partial charge in [-0.3, -0.25) is 0 Å². The van der Waals surface area contributed by atoms with Gasteiger partial charge in [0.2, 0.25) is 0 Å². The predicted molar refractivity (Wildman–Crippen MR) is 46.9 cm³/mol. The van der Waals surface area contributed by atoms with E-state index in [-0.39, 0.29) is 11.9 Å². The van der Waals surface area contributed by atoms with E-state index in [9.17, 15) is 0 Å². The Balaban J connectivity index is 1.94.